The van der Waals surface area contributed by atoms with E-state index in [1.54, 1.807) is 19.1 Å². The molecule has 3 aromatic carbocycles. The van der Waals surface area contributed by atoms with E-state index in [1.807, 2.05) is 6.92 Å². The molecule has 0 bridgehead atoms. The van der Waals surface area contributed by atoms with Crippen LogP contribution in [0, 0.1) is 40.8 Å². The van der Waals surface area contributed by atoms with Gasteiger partial charge in [-0.05, 0) is 86.3 Å². The van der Waals surface area contributed by atoms with Crippen molar-refractivity contribution in [3.05, 3.63) is 82.4 Å². The second-order valence-corrected chi connectivity index (χ2v) is 9.63. The number of benzene rings is 3. The van der Waals surface area contributed by atoms with Crippen molar-refractivity contribution in [1.82, 2.24) is 0 Å². The Labute approximate surface area is 218 Å². The largest absolute Gasteiger partial charge is 0.491 e. The lowest BCUT2D eigenvalue weighted by atomic mass is 9.78. The fraction of sp³-hybridized carbons (Fsp3) is 0.400. The van der Waals surface area contributed by atoms with Gasteiger partial charge in [0.15, 0.2) is 34.8 Å². The molecule has 0 saturated heterocycles. The lowest BCUT2D eigenvalue weighted by Crippen LogP contribution is -2.20. The van der Waals surface area contributed by atoms with Gasteiger partial charge in [0, 0.05) is 11.1 Å². The first-order chi connectivity index (χ1) is 18.3. The van der Waals surface area contributed by atoms with Crippen molar-refractivity contribution >= 4 is 0 Å². The van der Waals surface area contributed by atoms with Crippen molar-refractivity contribution < 1.29 is 35.8 Å². The normalized spacial score (nSPS) is 17.5. The summed E-state index contributed by atoms with van der Waals surface area (Å²) in [5.74, 6) is -7.55. The second kappa shape index (κ2) is 12.1. The molecule has 0 unspecified atom stereocenters. The molecule has 204 valence electrons. The van der Waals surface area contributed by atoms with Gasteiger partial charge >= 0.3 is 0 Å². The third-order valence-corrected chi connectivity index (χ3v) is 7.16. The van der Waals surface area contributed by atoms with Crippen LogP contribution in [0.4, 0.5) is 26.3 Å². The van der Waals surface area contributed by atoms with Gasteiger partial charge in [-0.25, -0.2) is 17.6 Å². The Kier molecular flexibility index (Phi) is 8.90. The van der Waals surface area contributed by atoms with Crippen LogP contribution in [-0.4, -0.2) is 13.2 Å². The van der Waals surface area contributed by atoms with Crippen molar-refractivity contribution in [2.24, 2.45) is 5.92 Å². The maximum Gasteiger partial charge on any atom is 0.201 e. The van der Waals surface area contributed by atoms with E-state index in [1.165, 1.54) is 6.07 Å². The zero-order valence-corrected chi connectivity index (χ0v) is 21.4. The minimum atomic E-state index is -1.35. The van der Waals surface area contributed by atoms with Gasteiger partial charge in [-0.1, -0.05) is 25.5 Å². The molecule has 2 nitrogen and oxygen atoms in total. The minimum absolute atomic E-state index is 0.0262. The molecule has 0 N–H and O–H groups in total. The molecule has 1 aliphatic rings. The van der Waals surface area contributed by atoms with Gasteiger partial charge in [-0.3, -0.25) is 0 Å². The number of aryl methyl sites for hydroxylation is 1. The molecule has 1 fully saturated rings. The summed E-state index contributed by atoms with van der Waals surface area (Å²) in [5.41, 5.74) is -0.109. The number of hydrogen-bond donors (Lipinski definition) is 0. The molecule has 0 aliphatic heterocycles. The summed E-state index contributed by atoms with van der Waals surface area (Å²) in [4.78, 5) is 0. The zero-order valence-electron chi connectivity index (χ0n) is 21.4. The van der Waals surface area contributed by atoms with Gasteiger partial charge in [-0.2, -0.15) is 8.78 Å². The molecule has 0 atom stereocenters. The van der Waals surface area contributed by atoms with Crippen LogP contribution in [-0.2, 0) is 6.42 Å². The third kappa shape index (κ3) is 5.64. The highest BCUT2D eigenvalue weighted by atomic mass is 19.2. The first-order valence-electron chi connectivity index (χ1n) is 12.9. The van der Waals surface area contributed by atoms with Gasteiger partial charge < -0.3 is 9.47 Å². The van der Waals surface area contributed by atoms with E-state index in [4.69, 9.17) is 9.47 Å². The SMILES string of the molecule is CCCc1ccc(C2CCC(COc3ccc(-c4ccc(OCC)c(F)c4F)c(F)c3F)CC2)c(F)c1F. The topological polar surface area (TPSA) is 18.5 Å². The monoisotopic (exact) mass is 536 g/mol. The van der Waals surface area contributed by atoms with Crippen LogP contribution >= 0.6 is 0 Å². The van der Waals surface area contributed by atoms with E-state index < -0.39 is 46.0 Å². The molecule has 0 radical (unpaired) electrons. The fourth-order valence-corrected chi connectivity index (χ4v) is 5.09. The van der Waals surface area contributed by atoms with Crippen molar-refractivity contribution in [1.29, 1.82) is 0 Å². The van der Waals surface area contributed by atoms with E-state index in [0.29, 0.717) is 43.2 Å². The molecule has 38 heavy (non-hydrogen) atoms. The Morgan fingerprint density at radius 3 is 1.76 bits per heavy atom. The van der Waals surface area contributed by atoms with Gasteiger partial charge in [-0.15, -0.1) is 0 Å². The van der Waals surface area contributed by atoms with Crippen LogP contribution in [0.2, 0.25) is 0 Å². The van der Waals surface area contributed by atoms with Gasteiger partial charge in [0.2, 0.25) is 11.6 Å². The van der Waals surface area contributed by atoms with E-state index in [0.717, 1.165) is 24.6 Å². The zero-order chi connectivity index (χ0) is 27.4. The molecule has 3 aromatic rings. The molecule has 1 aliphatic carbocycles. The number of halogens is 6. The molecule has 0 amide bonds. The lowest BCUT2D eigenvalue weighted by molar-refractivity contribution is 0.192. The van der Waals surface area contributed by atoms with Gasteiger partial charge in [0.25, 0.3) is 0 Å². The van der Waals surface area contributed by atoms with E-state index in [-0.39, 0.29) is 36.5 Å². The van der Waals surface area contributed by atoms with Crippen LogP contribution < -0.4 is 9.47 Å². The lowest BCUT2D eigenvalue weighted by Gasteiger charge is -2.29. The van der Waals surface area contributed by atoms with Crippen molar-refractivity contribution in [3.63, 3.8) is 0 Å². The molecule has 8 heteroatoms. The van der Waals surface area contributed by atoms with Crippen molar-refractivity contribution in [2.75, 3.05) is 13.2 Å². The van der Waals surface area contributed by atoms with Crippen molar-refractivity contribution in [3.8, 4) is 22.6 Å². The average molecular weight is 537 g/mol. The van der Waals surface area contributed by atoms with Gasteiger partial charge in [0.1, 0.15) is 0 Å². The summed E-state index contributed by atoms with van der Waals surface area (Å²) in [6.07, 6.45) is 3.76. The number of rotatable bonds is 9. The summed E-state index contributed by atoms with van der Waals surface area (Å²) in [5, 5.41) is 0. The van der Waals surface area contributed by atoms with Crippen LogP contribution in [0.25, 0.3) is 11.1 Å². The van der Waals surface area contributed by atoms with Crippen LogP contribution in [0.5, 0.6) is 11.5 Å². The highest BCUT2D eigenvalue weighted by molar-refractivity contribution is 5.67. The molecule has 0 aromatic heterocycles. The summed E-state index contributed by atoms with van der Waals surface area (Å²) >= 11 is 0. The second-order valence-electron chi connectivity index (χ2n) is 9.63. The predicted octanol–water partition coefficient (Wildman–Crippen LogP) is 8.89. The highest BCUT2D eigenvalue weighted by Crippen LogP contribution is 2.39. The Balaban J connectivity index is 1.39. The fourth-order valence-electron chi connectivity index (χ4n) is 5.09. The maximum atomic E-state index is 14.8. The summed E-state index contributed by atoms with van der Waals surface area (Å²) in [7, 11) is 0. The summed E-state index contributed by atoms with van der Waals surface area (Å²) in [6, 6.07) is 7.94. The predicted molar refractivity (Wildman–Crippen MR) is 133 cm³/mol. The maximum absolute atomic E-state index is 14.8. The first kappa shape index (κ1) is 27.9. The summed E-state index contributed by atoms with van der Waals surface area (Å²) < 4.78 is 97.9. The van der Waals surface area contributed by atoms with Crippen LogP contribution in [0.15, 0.2) is 36.4 Å². The Morgan fingerprint density at radius 2 is 1.21 bits per heavy atom. The molecule has 4 rings (SSSR count). The van der Waals surface area contributed by atoms with Gasteiger partial charge in [0.05, 0.1) is 13.2 Å². The van der Waals surface area contributed by atoms with Crippen LogP contribution in [0.1, 0.15) is 63.0 Å². The van der Waals surface area contributed by atoms with Crippen LogP contribution in [0.3, 0.4) is 0 Å². The highest BCUT2D eigenvalue weighted by Gasteiger charge is 2.27. The molecule has 0 heterocycles. The Bertz CT molecular complexity index is 1280. The number of ether oxygens (including phenoxy) is 2. The third-order valence-electron chi connectivity index (χ3n) is 7.16. The Morgan fingerprint density at radius 1 is 0.632 bits per heavy atom. The average Bonchev–Trinajstić information content (AvgIpc) is 2.92. The molecular weight excluding hydrogens is 506 g/mol. The van der Waals surface area contributed by atoms with E-state index >= 15 is 0 Å². The molecule has 0 spiro atoms. The standard InChI is InChI=1S/C30H30F6O2/c1-3-5-19-10-11-20(26(32)25(19)31)18-8-6-17(7-9-18)16-38-24-15-13-22(28(34)30(24)36)21-12-14-23(37-4-2)29(35)27(21)33/h10-15,17-18H,3-9,16H2,1-2H3. The Hall–Kier alpha value is -3.16. The molecular formula is C30H30F6O2. The quantitative estimate of drug-likeness (QED) is 0.254. The van der Waals surface area contributed by atoms with Crippen molar-refractivity contribution in [2.45, 2.75) is 58.3 Å². The van der Waals surface area contributed by atoms with E-state index in [9.17, 15) is 26.3 Å². The smallest absolute Gasteiger partial charge is 0.201 e. The molecule has 1 saturated carbocycles. The number of hydrogen-bond acceptors (Lipinski definition) is 2. The minimum Gasteiger partial charge on any atom is -0.491 e. The summed E-state index contributed by atoms with van der Waals surface area (Å²) in [6.45, 7) is 3.75. The van der Waals surface area contributed by atoms with E-state index in [2.05, 4.69) is 0 Å². The first-order valence-corrected chi connectivity index (χ1v) is 12.9.